The highest BCUT2D eigenvalue weighted by Gasteiger charge is 2.51. The van der Waals surface area contributed by atoms with Gasteiger partial charge in [0.2, 0.25) is 0 Å². The van der Waals surface area contributed by atoms with Gasteiger partial charge >= 0.3 is 6.09 Å². The van der Waals surface area contributed by atoms with Gasteiger partial charge in [0.1, 0.15) is 0 Å². The van der Waals surface area contributed by atoms with Crippen molar-refractivity contribution in [3.63, 3.8) is 0 Å². The van der Waals surface area contributed by atoms with E-state index in [4.69, 9.17) is 4.74 Å². The minimum absolute atomic E-state index is 0.109. The van der Waals surface area contributed by atoms with Crippen molar-refractivity contribution in [3.05, 3.63) is 0 Å². The van der Waals surface area contributed by atoms with Crippen LogP contribution < -0.4 is 5.32 Å². The zero-order valence-corrected chi connectivity index (χ0v) is 9.42. The third kappa shape index (κ3) is 2.25. The molecule has 1 amide bonds. The first kappa shape index (κ1) is 10.7. The molecule has 2 fully saturated rings. The lowest BCUT2D eigenvalue weighted by Gasteiger charge is -2.35. The average molecular weight is 212 g/mol. The zero-order valence-electron chi connectivity index (χ0n) is 9.42. The van der Waals surface area contributed by atoms with E-state index in [2.05, 4.69) is 12.2 Å². The van der Waals surface area contributed by atoms with Gasteiger partial charge in [0.05, 0.1) is 12.1 Å². The molecule has 4 heteroatoms. The summed E-state index contributed by atoms with van der Waals surface area (Å²) in [4.78, 5) is 13.7. The van der Waals surface area contributed by atoms with Crippen molar-refractivity contribution >= 4 is 6.09 Å². The SMILES string of the molecule is CCCCOC(=O)N1CCNCC12CC2. The van der Waals surface area contributed by atoms with Gasteiger partial charge in [0.25, 0.3) is 0 Å². The average Bonchev–Trinajstić information content (AvgIpc) is 2.99. The summed E-state index contributed by atoms with van der Waals surface area (Å²) in [6.45, 7) is 5.29. The topological polar surface area (TPSA) is 41.6 Å². The van der Waals surface area contributed by atoms with E-state index in [0.29, 0.717) is 6.61 Å². The van der Waals surface area contributed by atoms with Crippen molar-refractivity contribution in [1.82, 2.24) is 10.2 Å². The minimum Gasteiger partial charge on any atom is -0.449 e. The molecular weight excluding hydrogens is 192 g/mol. The van der Waals surface area contributed by atoms with Gasteiger partial charge in [0, 0.05) is 19.6 Å². The van der Waals surface area contributed by atoms with E-state index >= 15 is 0 Å². The van der Waals surface area contributed by atoms with Gasteiger partial charge in [-0.25, -0.2) is 4.79 Å². The predicted octanol–water partition coefficient (Wildman–Crippen LogP) is 1.36. The highest BCUT2D eigenvalue weighted by Crippen LogP contribution is 2.42. The highest BCUT2D eigenvalue weighted by molar-refractivity contribution is 5.69. The molecule has 0 atom stereocenters. The van der Waals surface area contributed by atoms with E-state index in [1.54, 1.807) is 0 Å². The van der Waals surface area contributed by atoms with Crippen LogP contribution in [0.3, 0.4) is 0 Å². The number of carbonyl (C=O) groups excluding carboxylic acids is 1. The summed E-state index contributed by atoms with van der Waals surface area (Å²) in [6.07, 6.45) is 4.18. The maximum Gasteiger partial charge on any atom is 0.410 e. The first-order valence-electron chi connectivity index (χ1n) is 5.94. The smallest absolute Gasteiger partial charge is 0.410 e. The molecule has 2 rings (SSSR count). The second-order valence-electron chi connectivity index (χ2n) is 4.52. The van der Waals surface area contributed by atoms with Crippen LogP contribution in [0.25, 0.3) is 0 Å². The fraction of sp³-hybridized carbons (Fsp3) is 0.909. The summed E-state index contributed by atoms with van der Waals surface area (Å²) in [6, 6.07) is 0. The van der Waals surface area contributed by atoms with Gasteiger partial charge in [-0.2, -0.15) is 0 Å². The molecule has 0 aromatic rings. The van der Waals surface area contributed by atoms with Gasteiger partial charge in [-0.05, 0) is 19.3 Å². The maximum atomic E-state index is 11.8. The van der Waals surface area contributed by atoms with Crippen LogP contribution in [0.2, 0.25) is 0 Å². The summed E-state index contributed by atoms with van der Waals surface area (Å²) in [5.41, 5.74) is 0.113. The van der Waals surface area contributed by atoms with Gasteiger partial charge < -0.3 is 10.1 Å². The molecule has 1 saturated carbocycles. The Hall–Kier alpha value is -0.770. The number of nitrogens with one attached hydrogen (secondary N) is 1. The second-order valence-corrected chi connectivity index (χ2v) is 4.52. The lowest BCUT2D eigenvalue weighted by molar-refractivity contribution is 0.0700. The molecule has 0 aromatic heterocycles. The normalized spacial score (nSPS) is 22.9. The van der Waals surface area contributed by atoms with Crippen LogP contribution >= 0.6 is 0 Å². The van der Waals surface area contributed by atoms with Crippen molar-refractivity contribution in [2.24, 2.45) is 0 Å². The Balaban J connectivity index is 1.83. The fourth-order valence-corrected chi connectivity index (χ4v) is 2.10. The molecule has 1 aliphatic carbocycles. The van der Waals surface area contributed by atoms with E-state index in [-0.39, 0.29) is 11.6 Å². The van der Waals surface area contributed by atoms with Gasteiger partial charge in [-0.15, -0.1) is 0 Å². The Bertz CT molecular complexity index is 239. The number of carbonyl (C=O) groups is 1. The summed E-state index contributed by atoms with van der Waals surface area (Å²) in [5.74, 6) is 0. The van der Waals surface area contributed by atoms with Gasteiger partial charge in [-0.3, -0.25) is 4.90 Å². The van der Waals surface area contributed by atoms with E-state index < -0.39 is 0 Å². The Morgan fingerprint density at radius 3 is 3.00 bits per heavy atom. The number of hydrogen-bond acceptors (Lipinski definition) is 3. The summed E-state index contributed by atoms with van der Waals surface area (Å²) >= 11 is 0. The minimum atomic E-state index is -0.109. The zero-order chi connectivity index (χ0) is 10.7. The molecule has 1 spiro atoms. The molecular formula is C11H20N2O2. The Kier molecular flexibility index (Phi) is 3.14. The molecule has 0 bridgehead atoms. The standard InChI is InChI=1S/C11H20N2O2/c1-2-3-8-15-10(14)13-7-6-12-9-11(13)4-5-11/h12H,2-9H2,1H3. The first-order chi connectivity index (χ1) is 7.28. The van der Waals surface area contributed by atoms with Crippen molar-refractivity contribution in [2.75, 3.05) is 26.2 Å². The number of hydrogen-bond donors (Lipinski definition) is 1. The lowest BCUT2D eigenvalue weighted by Crippen LogP contribution is -2.55. The quantitative estimate of drug-likeness (QED) is 0.718. The number of unbranched alkanes of at least 4 members (excludes halogenated alkanes) is 1. The molecule has 86 valence electrons. The van der Waals surface area contributed by atoms with Crippen molar-refractivity contribution in [1.29, 1.82) is 0 Å². The Morgan fingerprint density at radius 2 is 2.33 bits per heavy atom. The van der Waals surface area contributed by atoms with Crippen LogP contribution in [0, 0.1) is 0 Å². The molecule has 1 N–H and O–H groups in total. The molecule has 4 nitrogen and oxygen atoms in total. The molecule has 1 saturated heterocycles. The fourth-order valence-electron chi connectivity index (χ4n) is 2.10. The van der Waals surface area contributed by atoms with Crippen LogP contribution in [-0.2, 0) is 4.74 Å². The van der Waals surface area contributed by atoms with Crippen molar-refractivity contribution < 1.29 is 9.53 Å². The maximum absolute atomic E-state index is 11.8. The number of rotatable bonds is 3. The van der Waals surface area contributed by atoms with Gasteiger partial charge in [-0.1, -0.05) is 13.3 Å². The van der Waals surface area contributed by atoms with Crippen LogP contribution in [-0.4, -0.2) is 42.8 Å². The van der Waals surface area contributed by atoms with Gasteiger partial charge in [0.15, 0.2) is 0 Å². The second kappa shape index (κ2) is 4.39. The van der Waals surface area contributed by atoms with Crippen LogP contribution in [0.5, 0.6) is 0 Å². The van der Waals surface area contributed by atoms with E-state index in [9.17, 15) is 4.79 Å². The van der Waals surface area contributed by atoms with Crippen LogP contribution in [0.15, 0.2) is 0 Å². The van der Waals surface area contributed by atoms with E-state index in [1.807, 2.05) is 4.90 Å². The Labute approximate surface area is 91.0 Å². The van der Waals surface area contributed by atoms with Crippen LogP contribution in [0.1, 0.15) is 32.6 Å². The molecule has 1 heterocycles. The molecule has 15 heavy (non-hydrogen) atoms. The van der Waals surface area contributed by atoms with E-state index in [1.165, 1.54) is 0 Å². The first-order valence-corrected chi connectivity index (χ1v) is 5.94. The molecule has 2 aliphatic rings. The van der Waals surface area contributed by atoms with Crippen LogP contribution in [0.4, 0.5) is 4.79 Å². The van der Waals surface area contributed by atoms with Crippen molar-refractivity contribution in [2.45, 2.75) is 38.1 Å². The monoisotopic (exact) mass is 212 g/mol. The number of nitrogens with zero attached hydrogens (tertiary/aromatic N) is 1. The molecule has 1 aliphatic heterocycles. The number of amides is 1. The molecule has 0 radical (unpaired) electrons. The number of piperazine rings is 1. The molecule has 0 aromatic carbocycles. The lowest BCUT2D eigenvalue weighted by atomic mass is 10.2. The highest BCUT2D eigenvalue weighted by atomic mass is 16.6. The summed E-state index contributed by atoms with van der Waals surface area (Å²) in [5, 5.41) is 3.34. The largest absolute Gasteiger partial charge is 0.449 e. The summed E-state index contributed by atoms with van der Waals surface area (Å²) in [7, 11) is 0. The Morgan fingerprint density at radius 1 is 1.53 bits per heavy atom. The third-order valence-corrected chi connectivity index (χ3v) is 3.31. The number of ether oxygens (including phenoxy) is 1. The predicted molar refractivity (Wildman–Crippen MR) is 57.8 cm³/mol. The molecule has 0 unspecified atom stereocenters. The van der Waals surface area contributed by atoms with E-state index in [0.717, 1.165) is 45.3 Å². The third-order valence-electron chi connectivity index (χ3n) is 3.31. The van der Waals surface area contributed by atoms with Crippen molar-refractivity contribution in [3.8, 4) is 0 Å². The summed E-state index contributed by atoms with van der Waals surface area (Å²) < 4.78 is 5.26.